The number of carboxylic acid groups (broad SMARTS) is 1. The zero-order valence-electron chi connectivity index (χ0n) is 70.0. The number of carbonyl (C=O) groups excluding carboxylic acids is 11. The van der Waals surface area contributed by atoms with Crippen molar-refractivity contribution < 1.29 is 173 Å². The number of phosphoric ester groups is 4. The van der Waals surface area contributed by atoms with Crippen LogP contribution in [0.5, 0.6) is 0 Å². The highest BCUT2D eigenvalue weighted by Gasteiger charge is 2.33. The minimum Gasteiger partial charge on any atom is -0.481 e. The van der Waals surface area contributed by atoms with Crippen molar-refractivity contribution in [3.63, 3.8) is 0 Å². The van der Waals surface area contributed by atoms with Crippen molar-refractivity contribution in [2.75, 3.05) is 158 Å². The van der Waals surface area contributed by atoms with E-state index in [0.717, 1.165) is 0 Å². The fraction of sp³-hybridized carbons (Fsp3) is 0.714. The van der Waals surface area contributed by atoms with Gasteiger partial charge in [0.25, 0.3) is 0 Å². The van der Waals surface area contributed by atoms with Gasteiger partial charge >= 0.3 is 61.1 Å². The number of hydrogen-bond acceptors (Lipinski definition) is 37. The van der Waals surface area contributed by atoms with Crippen LogP contribution in [0.4, 0.5) is 0 Å². The number of nitrogens with one attached hydrogen (secondary N) is 7. The Hall–Kier alpha value is -7.16. The van der Waals surface area contributed by atoms with E-state index < -0.39 is 122 Å². The summed E-state index contributed by atoms with van der Waals surface area (Å²) in [4.78, 5) is 137. The van der Waals surface area contributed by atoms with E-state index >= 15 is 0 Å². The molecule has 0 radical (unpaired) electrons. The third kappa shape index (κ3) is 73.3. The third-order valence-corrected chi connectivity index (χ3v) is 18.9. The first kappa shape index (κ1) is 116. The van der Waals surface area contributed by atoms with Crippen LogP contribution in [-0.4, -0.2) is 283 Å². The molecule has 0 aromatic carbocycles. The van der Waals surface area contributed by atoms with Gasteiger partial charge in [-0.05, 0) is 27.7 Å². The summed E-state index contributed by atoms with van der Waals surface area (Å²) in [6.07, 6.45) is 4.37. The summed E-state index contributed by atoms with van der Waals surface area (Å²) < 4.78 is 157. The molecule has 119 heavy (non-hydrogen) atoms. The normalized spacial score (nSPS) is 15.0. The number of nitrogens with two attached hydrogens (primary N) is 1. The molecule has 49 heteroatoms. The first-order chi connectivity index (χ1) is 56.0. The summed E-state index contributed by atoms with van der Waals surface area (Å²) in [5.74, 6) is -6.54. The standard InChI is InChI=1S/C35H62N4O18P2.C19H33N2O11P.C16H31N2O8P/c1-9-15-50-58(46,54-24-32(38-28(5)40)22-48-17-11-26(3)56-30(7)42)52-19-13-36-34(44)21-35(45)37-14-20-53-59(47,51-16-10-2)55-25-33(39-29(6)41)23-49-18-12-27(4)57-31(8)43;1-5-8-29-33(27,30-10-7-20-18(24)11-19(25)26)31-13-17(21-15(3)22)12-28-9-6-14(2)32-16(4)23;1-5-8-23-27(21,24-10-7-17)25-12-16(18-14(3)19)11-22-9-6-13(2)26-15(4)20/h9-10,26-27,32-33H,1-2,11-25H2,3-8H3,(H,36,44)(H,37,45)(H,38,40)(H,39,41);5,14,17H,1,6-13H2,2-4H3,(H,20,24)(H,21,22)(H,25,26);5,13,16H,1,6-12,17H2,2-4H3,(H,18,19)/t26-,27-,32-,33+,58?,59?;14-,17-,33?;13-,16+,27?/m111/s1. The van der Waals surface area contributed by atoms with Crippen molar-refractivity contribution in [1.29, 1.82) is 0 Å². The van der Waals surface area contributed by atoms with Crippen molar-refractivity contribution in [2.24, 2.45) is 5.73 Å². The maximum atomic E-state index is 13.2. The number of carboxylic acids is 1. The highest BCUT2D eigenvalue weighted by Crippen LogP contribution is 2.52. The first-order valence-electron chi connectivity index (χ1n) is 37.4. The number of rotatable bonds is 71. The van der Waals surface area contributed by atoms with Crippen molar-refractivity contribution in [2.45, 2.75) is 170 Å². The van der Waals surface area contributed by atoms with E-state index in [1.807, 2.05) is 0 Å². The molecule has 45 nitrogen and oxygen atoms in total. The van der Waals surface area contributed by atoms with Gasteiger partial charge in [-0.15, -0.1) is 26.3 Å². The summed E-state index contributed by atoms with van der Waals surface area (Å²) in [5, 5.41) is 26.1. The molecule has 4 unspecified atom stereocenters. The van der Waals surface area contributed by atoms with Gasteiger partial charge < -0.3 is 86.0 Å². The van der Waals surface area contributed by atoms with Gasteiger partial charge in [-0.2, -0.15) is 0 Å². The number of esters is 4. The number of aliphatic carboxylic acids is 1. The topological polar surface area (TPSA) is 588 Å². The fourth-order valence-corrected chi connectivity index (χ4v) is 13.1. The van der Waals surface area contributed by atoms with Crippen LogP contribution in [0.15, 0.2) is 50.6 Å². The Morgan fingerprint density at radius 2 is 0.546 bits per heavy atom. The van der Waals surface area contributed by atoms with Crippen molar-refractivity contribution >= 4 is 102 Å². The van der Waals surface area contributed by atoms with Crippen LogP contribution in [0, 0.1) is 0 Å². The number of ether oxygens (including phenoxy) is 8. The van der Waals surface area contributed by atoms with E-state index in [1.165, 1.54) is 79.7 Å². The van der Waals surface area contributed by atoms with Crippen LogP contribution in [0.2, 0.25) is 0 Å². The Balaban J connectivity index is -0.00000188. The van der Waals surface area contributed by atoms with Crippen LogP contribution in [0.3, 0.4) is 0 Å². The quantitative estimate of drug-likeness (QED) is 0.0104. The average Bonchev–Trinajstić information content (AvgIpc) is 0.909. The molecule has 0 rings (SSSR count). The molecule has 0 saturated heterocycles. The fourth-order valence-electron chi connectivity index (χ4n) is 8.37. The number of carbonyl (C=O) groups is 12. The molecule has 12 atom stereocenters. The first-order valence-corrected chi connectivity index (χ1v) is 43.2. The molecule has 0 aliphatic heterocycles. The summed E-state index contributed by atoms with van der Waals surface area (Å²) in [6, 6.07) is -2.77. The highest BCUT2D eigenvalue weighted by atomic mass is 31.2. The lowest BCUT2D eigenvalue weighted by atomic mass is 10.3. The van der Waals surface area contributed by atoms with E-state index in [0.29, 0.717) is 32.3 Å². The smallest absolute Gasteiger partial charge is 0.475 e. The Morgan fingerprint density at radius 3 is 0.739 bits per heavy atom. The highest BCUT2D eigenvalue weighted by molar-refractivity contribution is 7.49. The van der Waals surface area contributed by atoms with Gasteiger partial charge in [0.2, 0.25) is 41.4 Å². The molecule has 688 valence electrons. The summed E-state index contributed by atoms with van der Waals surface area (Å²) >= 11 is 0. The van der Waals surface area contributed by atoms with E-state index in [9.17, 15) is 75.8 Å². The third-order valence-electron chi connectivity index (χ3n) is 13.2. The molecule has 0 fully saturated rings. The van der Waals surface area contributed by atoms with Gasteiger partial charge in [0.1, 0.15) is 37.3 Å². The molecule has 0 aromatic rings. The largest absolute Gasteiger partial charge is 0.481 e. The summed E-state index contributed by atoms with van der Waals surface area (Å²) in [7, 11) is -16.4. The monoisotopic (exact) mass is 1790 g/mol. The zero-order chi connectivity index (χ0) is 90.7. The van der Waals surface area contributed by atoms with E-state index in [4.69, 9.17) is 103 Å². The summed E-state index contributed by atoms with van der Waals surface area (Å²) in [6.45, 7) is 29.1. The molecular formula is C70H126N8O37P4. The minimum atomic E-state index is -4.23. The molecule has 0 bridgehead atoms. The van der Waals surface area contributed by atoms with Gasteiger partial charge in [-0.1, -0.05) is 24.3 Å². The van der Waals surface area contributed by atoms with E-state index in [2.05, 4.69) is 63.5 Å². The lowest BCUT2D eigenvalue weighted by molar-refractivity contribution is -0.147. The van der Waals surface area contributed by atoms with Gasteiger partial charge in [0.05, 0.1) is 156 Å². The molecule has 0 aromatic heterocycles. The molecule has 7 amide bonds. The lowest BCUT2D eigenvalue weighted by Crippen LogP contribution is -2.40. The Bertz CT molecular complexity index is 3130. The van der Waals surface area contributed by atoms with Gasteiger partial charge in [-0.25, -0.2) is 18.3 Å². The second kappa shape index (κ2) is 70.4. The van der Waals surface area contributed by atoms with Crippen LogP contribution in [0.1, 0.15) is 122 Å². The van der Waals surface area contributed by atoms with Crippen molar-refractivity contribution in [3.8, 4) is 0 Å². The van der Waals surface area contributed by atoms with Crippen molar-refractivity contribution in [3.05, 3.63) is 50.6 Å². The van der Waals surface area contributed by atoms with Crippen LogP contribution < -0.4 is 43.0 Å². The minimum absolute atomic E-state index is 0.0102. The number of hydrogen-bond donors (Lipinski definition) is 9. The molecule has 0 aliphatic rings. The predicted molar refractivity (Wildman–Crippen MR) is 425 cm³/mol. The maximum Gasteiger partial charge on any atom is 0.475 e. The second-order valence-electron chi connectivity index (χ2n) is 25.0. The Labute approximate surface area is 695 Å². The van der Waals surface area contributed by atoms with Gasteiger partial charge in [-0.3, -0.25) is 112 Å². The van der Waals surface area contributed by atoms with Crippen LogP contribution in [-0.2, 0) is 168 Å². The Kier molecular flexibility index (Phi) is 68.6. The lowest BCUT2D eigenvalue weighted by Gasteiger charge is -2.22. The maximum absolute atomic E-state index is 13.2. The molecule has 0 heterocycles. The average molecular weight is 1800 g/mol. The van der Waals surface area contributed by atoms with E-state index in [1.54, 1.807) is 27.7 Å². The number of amides is 7. The molecule has 10 N–H and O–H groups in total. The molecule has 0 aliphatic carbocycles. The van der Waals surface area contributed by atoms with Crippen LogP contribution >= 0.6 is 31.3 Å². The van der Waals surface area contributed by atoms with E-state index in [-0.39, 0.29) is 194 Å². The predicted octanol–water partition coefficient (Wildman–Crippen LogP) is 3.96. The second-order valence-corrected chi connectivity index (χ2v) is 31.6. The van der Waals surface area contributed by atoms with Crippen LogP contribution in [0.25, 0.3) is 0 Å². The van der Waals surface area contributed by atoms with Crippen molar-refractivity contribution in [1.82, 2.24) is 37.2 Å². The Morgan fingerprint density at radius 1 is 0.328 bits per heavy atom. The molecule has 0 spiro atoms. The molecule has 0 saturated carbocycles. The SMILES string of the molecule is C=CCOP(=O)(OCCN)OC[C@H](COCC[C@@H](C)OC(C)=O)NC(C)=O.C=CCOP(=O)(OCCNC(=O)CC(=O)NCCOP(=O)(OCC=C)OC[C@H](COCC[C@@H](C)OC(C)=O)NC(C)=O)OC[C@@H](COCC[C@@H](C)OC(C)=O)NC(C)=O.C=CCOP(=O)(OCCNC(=O)CC(=O)O)OC[C@@H](COCC[C@@H](C)OC(C)=O)NC(C)=O. The number of phosphoric acid groups is 4. The zero-order valence-corrected chi connectivity index (χ0v) is 73.6. The summed E-state index contributed by atoms with van der Waals surface area (Å²) in [5.41, 5.74) is 5.34. The van der Waals surface area contributed by atoms with Gasteiger partial charge in [0.15, 0.2) is 0 Å². The molecular weight excluding hydrogens is 1670 g/mol. The van der Waals surface area contributed by atoms with Gasteiger partial charge in [0, 0.05) is 107 Å².